The van der Waals surface area contributed by atoms with Crippen LogP contribution in [-0.4, -0.2) is 34.9 Å². The normalized spacial score (nSPS) is 21.1. The van der Waals surface area contributed by atoms with Gasteiger partial charge >= 0.3 is 13.2 Å². The minimum Gasteiger partial charge on any atom is -0.444 e. The first-order valence-electron chi connectivity index (χ1n) is 9.25. The number of carbonyl (C=O) groups is 1. The second-order valence-electron chi connectivity index (χ2n) is 9.40. The van der Waals surface area contributed by atoms with Gasteiger partial charge in [-0.15, -0.1) is 0 Å². The van der Waals surface area contributed by atoms with Crippen molar-refractivity contribution in [2.24, 2.45) is 0 Å². The van der Waals surface area contributed by atoms with Crippen LogP contribution in [0, 0.1) is 6.92 Å². The predicted molar refractivity (Wildman–Crippen MR) is 102 cm³/mol. The molecular formula is C20H30BNO4. The summed E-state index contributed by atoms with van der Waals surface area (Å²) in [5, 5.41) is 0. The molecule has 1 aromatic rings. The Hall–Kier alpha value is -1.53. The smallest absolute Gasteiger partial charge is 0.444 e. The third-order valence-corrected chi connectivity index (χ3v) is 5.47. The Bertz CT molecular complexity index is 720. The van der Waals surface area contributed by atoms with Crippen molar-refractivity contribution in [2.75, 3.05) is 0 Å². The van der Waals surface area contributed by atoms with E-state index in [9.17, 15) is 4.79 Å². The molecule has 1 fully saturated rings. The first-order chi connectivity index (χ1) is 11.8. The maximum atomic E-state index is 12.4. The number of rotatable bonds is 1. The molecule has 0 saturated carbocycles. The van der Waals surface area contributed by atoms with Gasteiger partial charge in [-0.25, -0.2) is 4.79 Å². The highest BCUT2D eigenvalue weighted by atomic mass is 16.7. The minimum atomic E-state index is -0.491. The van der Waals surface area contributed by atoms with E-state index in [-0.39, 0.29) is 24.4 Å². The van der Waals surface area contributed by atoms with Crippen molar-refractivity contribution in [1.29, 1.82) is 0 Å². The second-order valence-corrected chi connectivity index (χ2v) is 9.40. The summed E-state index contributed by atoms with van der Waals surface area (Å²) in [4.78, 5) is 14.2. The van der Waals surface area contributed by atoms with E-state index in [0.717, 1.165) is 16.6 Å². The quantitative estimate of drug-likeness (QED) is 0.720. The first kappa shape index (κ1) is 19.2. The summed E-state index contributed by atoms with van der Waals surface area (Å²) in [6, 6.07) is 4.22. The van der Waals surface area contributed by atoms with Crippen LogP contribution in [-0.2, 0) is 27.1 Å². The Kier molecular flexibility index (Phi) is 4.44. The summed E-state index contributed by atoms with van der Waals surface area (Å²) in [5.74, 6) is 0. The average Bonchev–Trinajstić information content (AvgIpc) is 2.96. The molecule has 0 bridgehead atoms. The van der Waals surface area contributed by atoms with Gasteiger partial charge < -0.3 is 14.0 Å². The van der Waals surface area contributed by atoms with Crippen LogP contribution in [0.2, 0.25) is 0 Å². The van der Waals surface area contributed by atoms with Crippen molar-refractivity contribution in [2.45, 2.75) is 85.3 Å². The van der Waals surface area contributed by atoms with E-state index in [2.05, 4.69) is 46.8 Å². The highest BCUT2D eigenvalue weighted by Crippen LogP contribution is 2.37. The molecular weight excluding hydrogens is 329 g/mol. The fourth-order valence-corrected chi connectivity index (χ4v) is 3.31. The molecule has 1 saturated heterocycles. The molecule has 0 aliphatic carbocycles. The van der Waals surface area contributed by atoms with Gasteiger partial charge in [0.1, 0.15) is 5.60 Å². The zero-order valence-electron chi connectivity index (χ0n) is 17.2. The Morgan fingerprint density at radius 1 is 1.12 bits per heavy atom. The average molecular weight is 359 g/mol. The summed E-state index contributed by atoms with van der Waals surface area (Å²) in [6.07, 6.45) is -0.273. The zero-order valence-corrected chi connectivity index (χ0v) is 17.2. The van der Waals surface area contributed by atoms with Gasteiger partial charge in [-0.2, -0.15) is 0 Å². The van der Waals surface area contributed by atoms with Gasteiger partial charge in [-0.3, -0.25) is 4.90 Å². The molecule has 2 aliphatic heterocycles. The number of hydrogen-bond acceptors (Lipinski definition) is 4. The van der Waals surface area contributed by atoms with Crippen LogP contribution in [0.1, 0.15) is 65.2 Å². The number of aryl methyl sites for hydroxylation is 1. The lowest BCUT2D eigenvalue weighted by atomic mass is 9.77. The molecule has 0 aromatic heterocycles. The lowest BCUT2D eigenvalue weighted by molar-refractivity contribution is 0.00578. The molecule has 5 nitrogen and oxygen atoms in total. The van der Waals surface area contributed by atoms with Crippen LogP contribution in [0.5, 0.6) is 0 Å². The number of ether oxygens (including phenoxy) is 1. The molecule has 0 spiro atoms. The molecule has 142 valence electrons. The summed E-state index contributed by atoms with van der Waals surface area (Å²) in [5.41, 5.74) is 3.26. The number of hydrogen-bond donors (Lipinski definition) is 0. The topological polar surface area (TPSA) is 48.0 Å². The molecule has 0 radical (unpaired) electrons. The standard InChI is InChI=1S/C20H30BNO4/c1-13-9-15(21-25-19(5,6)20(7,8)26-21)10-14-11-22(12-16(13)14)17(23)24-18(2,3)4/h9-10H,11-12H2,1-8H3. The number of amides is 1. The van der Waals surface area contributed by atoms with Crippen LogP contribution in [0.4, 0.5) is 4.79 Å². The SMILES string of the molecule is Cc1cc(B2OC(C)(C)C(C)(C)O2)cc2c1CN(C(=O)OC(C)(C)C)C2. The number of fused-ring (bicyclic) bond motifs is 1. The van der Waals surface area contributed by atoms with Gasteiger partial charge in [0.05, 0.1) is 11.2 Å². The molecule has 1 aromatic carbocycles. The molecule has 0 atom stereocenters. The van der Waals surface area contributed by atoms with Gasteiger partial charge in [0, 0.05) is 13.1 Å². The van der Waals surface area contributed by atoms with Crippen LogP contribution in [0.15, 0.2) is 12.1 Å². The van der Waals surface area contributed by atoms with Gasteiger partial charge in [0.25, 0.3) is 0 Å². The Labute approximate surface area is 157 Å². The Balaban J connectivity index is 1.81. The summed E-state index contributed by atoms with van der Waals surface area (Å²) in [6.45, 7) is 17.1. The van der Waals surface area contributed by atoms with Crippen molar-refractivity contribution in [3.8, 4) is 0 Å². The number of carbonyl (C=O) groups excluding carboxylic acids is 1. The first-order valence-corrected chi connectivity index (χ1v) is 9.25. The van der Waals surface area contributed by atoms with E-state index in [0.29, 0.717) is 13.1 Å². The summed E-state index contributed by atoms with van der Waals surface area (Å²) < 4.78 is 17.9. The Morgan fingerprint density at radius 2 is 1.69 bits per heavy atom. The van der Waals surface area contributed by atoms with E-state index >= 15 is 0 Å². The van der Waals surface area contributed by atoms with Crippen molar-refractivity contribution in [1.82, 2.24) is 4.90 Å². The van der Waals surface area contributed by atoms with Crippen LogP contribution >= 0.6 is 0 Å². The fraction of sp³-hybridized carbons (Fsp3) is 0.650. The van der Waals surface area contributed by atoms with Crippen molar-refractivity contribution >= 4 is 18.7 Å². The molecule has 0 N–H and O–H groups in total. The molecule has 26 heavy (non-hydrogen) atoms. The molecule has 1 amide bonds. The van der Waals surface area contributed by atoms with Crippen molar-refractivity contribution in [3.63, 3.8) is 0 Å². The number of benzene rings is 1. The maximum Gasteiger partial charge on any atom is 0.494 e. The van der Waals surface area contributed by atoms with Crippen LogP contribution < -0.4 is 5.46 Å². The molecule has 2 heterocycles. The molecule has 2 aliphatic rings. The van der Waals surface area contributed by atoms with Gasteiger partial charge in [0.15, 0.2) is 0 Å². The highest BCUT2D eigenvalue weighted by Gasteiger charge is 2.52. The van der Waals surface area contributed by atoms with Gasteiger partial charge in [-0.1, -0.05) is 12.1 Å². The number of nitrogens with zero attached hydrogens (tertiary/aromatic N) is 1. The van der Waals surface area contributed by atoms with E-state index in [1.165, 1.54) is 5.56 Å². The van der Waals surface area contributed by atoms with Gasteiger partial charge in [0.2, 0.25) is 0 Å². The largest absolute Gasteiger partial charge is 0.494 e. The molecule has 3 rings (SSSR count). The highest BCUT2D eigenvalue weighted by molar-refractivity contribution is 6.62. The third-order valence-electron chi connectivity index (χ3n) is 5.47. The predicted octanol–water partition coefficient (Wildman–Crippen LogP) is 3.54. The van der Waals surface area contributed by atoms with Crippen molar-refractivity contribution < 1.29 is 18.8 Å². The summed E-state index contributed by atoms with van der Waals surface area (Å²) in [7, 11) is -0.389. The fourth-order valence-electron chi connectivity index (χ4n) is 3.31. The zero-order chi connectivity index (χ0) is 19.5. The second kappa shape index (κ2) is 5.99. The Morgan fingerprint density at radius 3 is 2.23 bits per heavy atom. The lowest BCUT2D eigenvalue weighted by Crippen LogP contribution is -2.41. The van der Waals surface area contributed by atoms with Gasteiger partial charge in [-0.05, 0) is 77.5 Å². The van der Waals surface area contributed by atoms with E-state index in [1.807, 2.05) is 20.8 Å². The minimum absolute atomic E-state index is 0.273. The van der Waals surface area contributed by atoms with E-state index < -0.39 is 5.60 Å². The van der Waals surface area contributed by atoms with Crippen LogP contribution in [0.3, 0.4) is 0 Å². The van der Waals surface area contributed by atoms with E-state index in [1.54, 1.807) is 4.90 Å². The molecule has 6 heteroatoms. The summed E-state index contributed by atoms with van der Waals surface area (Å²) >= 11 is 0. The monoisotopic (exact) mass is 359 g/mol. The maximum absolute atomic E-state index is 12.4. The van der Waals surface area contributed by atoms with Crippen molar-refractivity contribution in [3.05, 3.63) is 28.8 Å². The van der Waals surface area contributed by atoms with E-state index in [4.69, 9.17) is 14.0 Å². The van der Waals surface area contributed by atoms with Crippen LogP contribution in [0.25, 0.3) is 0 Å². The lowest BCUT2D eigenvalue weighted by Gasteiger charge is -2.32. The third kappa shape index (κ3) is 3.49. The molecule has 0 unspecified atom stereocenters.